The van der Waals surface area contributed by atoms with E-state index in [0.717, 1.165) is 23.2 Å². The molecule has 4 heterocycles. The van der Waals surface area contributed by atoms with Gasteiger partial charge in [0.2, 0.25) is 5.43 Å². The second-order valence-corrected chi connectivity index (χ2v) is 6.81. The van der Waals surface area contributed by atoms with Gasteiger partial charge in [-0.25, -0.2) is 14.8 Å². The Labute approximate surface area is 163 Å². The molecule has 0 spiro atoms. The van der Waals surface area contributed by atoms with Gasteiger partial charge in [-0.2, -0.15) is 13.2 Å². The highest BCUT2D eigenvalue weighted by Crippen LogP contribution is 2.34. The molecule has 0 fully saturated rings. The Balaban J connectivity index is 1.99. The predicted molar refractivity (Wildman–Crippen MR) is 98.7 cm³/mol. The largest absolute Gasteiger partial charge is 0.477 e. The van der Waals surface area contributed by atoms with Gasteiger partial charge in [0.05, 0.1) is 16.6 Å². The lowest BCUT2D eigenvalue weighted by atomic mass is 10.2. The van der Waals surface area contributed by atoms with E-state index in [9.17, 15) is 27.9 Å². The van der Waals surface area contributed by atoms with E-state index in [-0.39, 0.29) is 16.9 Å². The lowest BCUT2D eigenvalue weighted by Gasteiger charge is -2.10. The Morgan fingerprint density at radius 3 is 2.55 bits per heavy atom. The number of alkyl halides is 3. The molecule has 0 saturated carbocycles. The van der Waals surface area contributed by atoms with Gasteiger partial charge in [-0.1, -0.05) is 0 Å². The molecule has 3 N–H and O–H groups in total. The number of fused-ring (bicyclic) bond motifs is 1. The highest BCUT2D eigenvalue weighted by molar-refractivity contribution is 7.12. The molecule has 0 atom stereocenters. The number of hydrogen-bond donors (Lipinski definition) is 2. The van der Waals surface area contributed by atoms with Gasteiger partial charge in [0.15, 0.2) is 10.8 Å². The zero-order chi connectivity index (χ0) is 20.9. The number of aromatic carboxylic acids is 1. The van der Waals surface area contributed by atoms with E-state index in [1.807, 2.05) is 0 Å². The third-order valence-electron chi connectivity index (χ3n) is 4.12. The van der Waals surface area contributed by atoms with Crippen molar-refractivity contribution in [2.24, 2.45) is 0 Å². The van der Waals surface area contributed by atoms with Gasteiger partial charge in [0, 0.05) is 30.2 Å². The van der Waals surface area contributed by atoms with Gasteiger partial charge < -0.3 is 15.4 Å². The summed E-state index contributed by atoms with van der Waals surface area (Å²) in [5, 5.41) is 11.3. The number of rotatable bonds is 3. The molecule has 29 heavy (non-hydrogen) atoms. The quantitative estimate of drug-likeness (QED) is 0.526. The zero-order valence-electron chi connectivity index (χ0n) is 14.2. The fraction of sp³-hybridized carbons (Fsp3) is 0.0588. The fourth-order valence-electron chi connectivity index (χ4n) is 2.81. The normalized spacial score (nSPS) is 11.8. The summed E-state index contributed by atoms with van der Waals surface area (Å²) >= 11 is 1.17. The molecule has 0 unspecified atom stereocenters. The number of hydrogen-bond acceptors (Lipinski definition) is 6. The summed E-state index contributed by atoms with van der Waals surface area (Å²) in [5.41, 5.74) is 2.78. The Hall–Kier alpha value is -3.67. The van der Waals surface area contributed by atoms with Crippen LogP contribution in [0.5, 0.6) is 0 Å². The molecule has 0 saturated heterocycles. The van der Waals surface area contributed by atoms with Crippen molar-refractivity contribution in [2.45, 2.75) is 6.18 Å². The van der Waals surface area contributed by atoms with Crippen LogP contribution in [-0.2, 0) is 6.18 Å². The van der Waals surface area contributed by atoms with Crippen LogP contribution in [0.1, 0.15) is 15.9 Å². The van der Waals surface area contributed by atoms with Crippen molar-refractivity contribution >= 4 is 34.0 Å². The maximum atomic E-state index is 13.0. The molecule has 148 valence electrons. The van der Waals surface area contributed by atoms with Crippen molar-refractivity contribution in [1.82, 2.24) is 19.1 Å². The van der Waals surface area contributed by atoms with Crippen molar-refractivity contribution < 1.29 is 23.1 Å². The monoisotopic (exact) mass is 421 g/mol. The third kappa shape index (κ3) is 3.12. The summed E-state index contributed by atoms with van der Waals surface area (Å²) in [5.74, 6) is -1.35. The third-order valence-corrected chi connectivity index (χ3v) is 4.89. The molecule has 0 aliphatic heterocycles. The van der Waals surface area contributed by atoms with Crippen molar-refractivity contribution in [3.63, 3.8) is 0 Å². The smallest absolute Gasteiger partial charge is 0.419 e. The van der Waals surface area contributed by atoms with Crippen LogP contribution in [0.2, 0.25) is 0 Å². The second-order valence-electron chi connectivity index (χ2n) is 5.93. The highest BCUT2D eigenvalue weighted by atomic mass is 32.1. The highest BCUT2D eigenvalue weighted by Gasteiger charge is 2.34. The van der Waals surface area contributed by atoms with E-state index in [1.165, 1.54) is 34.2 Å². The van der Waals surface area contributed by atoms with Crippen LogP contribution >= 0.6 is 11.3 Å². The van der Waals surface area contributed by atoms with Crippen molar-refractivity contribution in [3.05, 3.63) is 63.7 Å². The van der Waals surface area contributed by atoms with E-state index in [2.05, 4.69) is 9.97 Å². The SMILES string of the molecule is Nc1cn(-c2ccc3c(=O)c(C(=O)O)cn(-c4nccs4)c3n2)cc1C(F)(F)F. The molecule has 12 heteroatoms. The van der Waals surface area contributed by atoms with Crippen LogP contribution in [-0.4, -0.2) is 30.2 Å². The van der Waals surface area contributed by atoms with Crippen LogP contribution < -0.4 is 11.2 Å². The van der Waals surface area contributed by atoms with E-state index in [4.69, 9.17) is 5.73 Å². The van der Waals surface area contributed by atoms with Gasteiger partial charge in [-0.3, -0.25) is 9.36 Å². The van der Waals surface area contributed by atoms with Crippen LogP contribution in [0.4, 0.5) is 18.9 Å². The number of anilines is 1. The number of nitrogen functional groups attached to an aromatic ring is 1. The van der Waals surface area contributed by atoms with E-state index < -0.39 is 34.4 Å². The summed E-state index contributed by atoms with van der Waals surface area (Å²) in [6, 6.07) is 2.61. The average molecular weight is 421 g/mol. The van der Waals surface area contributed by atoms with E-state index in [1.54, 1.807) is 5.38 Å². The molecule has 8 nitrogen and oxygen atoms in total. The van der Waals surface area contributed by atoms with Crippen molar-refractivity contribution in [3.8, 4) is 10.9 Å². The summed E-state index contributed by atoms with van der Waals surface area (Å²) in [4.78, 5) is 32.3. The maximum absolute atomic E-state index is 13.0. The van der Waals surface area contributed by atoms with E-state index >= 15 is 0 Å². The first-order valence-electron chi connectivity index (χ1n) is 7.91. The van der Waals surface area contributed by atoms with Crippen LogP contribution in [0, 0.1) is 0 Å². The Bertz CT molecular complexity index is 1310. The lowest BCUT2D eigenvalue weighted by molar-refractivity contribution is -0.136. The number of carbonyl (C=O) groups is 1. The van der Waals surface area contributed by atoms with Crippen LogP contribution in [0.3, 0.4) is 0 Å². The summed E-state index contributed by atoms with van der Waals surface area (Å²) in [6.45, 7) is 0. The molecule has 4 aromatic rings. The Morgan fingerprint density at radius 2 is 1.97 bits per heavy atom. The topological polar surface area (TPSA) is 116 Å². The molecule has 4 rings (SSSR count). The number of carboxylic acid groups (broad SMARTS) is 1. The standard InChI is InChI=1S/C17H10F3N5O3S/c18-17(19,20)10-6-24(7-11(10)21)12-2-1-8-13(26)9(15(27)28)5-25(14(8)23-12)16-22-3-4-29-16/h1-7H,21H2,(H,27,28). The molecule has 0 aliphatic rings. The van der Waals surface area contributed by atoms with Gasteiger partial charge >= 0.3 is 12.1 Å². The first kappa shape index (κ1) is 18.7. The van der Waals surface area contributed by atoms with Crippen LogP contribution in [0.15, 0.2) is 47.1 Å². The Morgan fingerprint density at radius 1 is 1.21 bits per heavy atom. The van der Waals surface area contributed by atoms with Gasteiger partial charge in [-0.15, -0.1) is 11.3 Å². The Kier molecular flexibility index (Phi) is 4.15. The number of pyridine rings is 2. The van der Waals surface area contributed by atoms with E-state index in [0.29, 0.717) is 5.13 Å². The lowest BCUT2D eigenvalue weighted by Crippen LogP contribution is -2.19. The van der Waals surface area contributed by atoms with Crippen LogP contribution in [0.25, 0.3) is 22.0 Å². The van der Waals surface area contributed by atoms with Gasteiger partial charge in [-0.05, 0) is 12.1 Å². The van der Waals surface area contributed by atoms with Gasteiger partial charge in [0.1, 0.15) is 11.4 Å². The summed E-state index contributed by atoms with van der Waals surface area (Å²) in [7, 11) is 0. The number of thiazole rings is 1. The molecule has 0 aromatic carbocycles. The molecule has 0 amide bonds. The molecule has 0 radical (unpaired) electrons. The zero-order valence-corrected chi connectivity index (χ0v) is 15.0. The number of carboxylic acids is 1. The minimum absolute atomic E-state index is 0.0139. The second kappa shape index (κ2) is 6.44. The molecule has 0 bridgehead atoms. The predicted octanol–water partition coefficient (Wildman–Crippen LogP) is 2.93. The molecular weight excluding hydrogens is 411 g/mol. The minimum atomic E-state index is -4.63. The summed E-state index contributed by atoms with van der Waals surface area (Å²) < 4.78 is 41.5. The minimum Gasteiger partial charge on any atom is -0.477 e. The number of halogens is 3. The van der Waals surface area contributed by atoms with Gasteiger partial charge in [0.25, 0.3) is 0 Å². The number of nitrogens with zero attached hydrogens (tertiary/aromatic N) is 4. The molecule has 4 aromatic heterocycles. The first-order valence-corrected chi connectivity index (χ1v) is 8.79. The average Bonchev–Trinajstić information content (AvgIpc) is 3.31. The first-order chi connectivity index (χ1) is 13.7. The van der Waals surface area contributed by atoms with Crippen molar-refractivity contribution in [2.75, 3.05) is 5.73 Å². The maximum Gasteiger partial charge on any atom is 0.419 e. The molecular formula is C17H10F3N5O3S. The number of nitrogens with two attached hydrogens (primary N) is 1. The molecule has 0 aliphatic carbocycles. The number of aromatic nitrogens is 4. The summed E-state index contributed by atoms with van der Waals surface area (Å²) in [6.07, 6.45) is -0.203. The van der Waals surface area contributed by atoms with Crippen molar-refractivity contribution in [1.29, 1.82) is 0 Å². The fourth-order valence-corrected chi connectivity index (χ4v) is 3.43.